The highest BCUT2D eigenvalue weighted by Crippen LogP contribution is 2.39. The molecule has 2 N–H and O–H groups in total. The molecule has 3 aromatic heterocycles. The first kappa shape index (κ1) is 18.4. The normalized spacial score (nSPS) is 21.2. The molecule has 9 heteroatoms. The molecule has 6 rings (SSSR count). The number of fused-ring (bicyclic) bond motifs is 4. The summed E-state index contributed by atoms with van der Waals surface area (Å²) in [5, 5.41) is 5.66. The smallest absolute Gasteiger partial charge is 0.264 e. The van der Waals surface area contributed by atoms with E-state index in [4.69, 9.17) is 16.6 Å². The van der Waals surface area contributed by atoms with Gasteiger partial charge in [0.1, 0.15) is 5.65 Å². The summed E-state index contributed by atoms with van der Waals surface area (Å²) in [5.74, 6) is 0.745. The summed E-state index contributed by atoms with van der Waals surface area (Å²) in [6.07, 6.45) is 4.10. The van der Waals surface area contributed by atoms with Gasteiger partial charge in [-0.1, -0.05) is 17.7 Å². The van der Waals surface area contributed by atoms with Crippen LogP contribution in [0, 0.1) is 6.92 Å². The molecule has 5 heterocycles. The van der Waals surface area contributed by atoms with Gasteiger partial charge in [-0.2, -0.15) is 4.98 Å². The van der Waals surface area contributed by atoms with Gasteiger partial charge in [0, 0.05) is 49.5 Å². The monoisotopic (exact) mass is 440 g/mol. The third-order valence-corrected chi connectivity index (χ3v) is 7.90. The van der Waals surface area contributed by atoms with Crippen molar-refractivity contribution in [2.75, 3.05) is 18.0 Å². The third kappa shape index (κ3) is 2.50. The van der Waals surface area contributed by atoms with Gasteiger partial charge >= 0.3 is 0 Å². The van der Waals surface area contributed by atoms with Gasteiger partial charge in [0.05, 0.1) is 25.6 Å². The fraction of sp³-hybridized carbons (Fsp3) is 0.381. The zero-order valence-electron chi connectivity index (χ0n) is 16.7. The Morgan fingerprint density at radius 2 is 1.93 bits per heavy atom. The average molecular weight is 441 g/mol. The molecule has 0 radical (unpaired) electrons. The number of rotatable bonds is 2. The minimum absolute atomic E-state index is 0.0548. The number of thiazole rings is 1. The highest BCUT2D eigenvalue weighted by atomic mass is 35.5. The Morgan fingerprint density at radius 1 is 1.17 bits per heavy atom. The van der Waals surface area contributed by atoms with Crippen molar-refractivity contribution in [3.8, 4) is 11.1 Å². The zero-order chi connectivity index (χ0) is 20.6. The number of aryl methyl sites for hydroxylation is 1. The number of nitrogens with zero attached hydrogens (tertiary/aromatic N) is 4. The van der Waals surface area contributed by atoms with E-state index in [0.717, 1.165) is 58.2 Å². The van der Waals surface area contributed by atoms with Gasteiger partial charge in [0.25, 0.3) is 5.56 Å². The highest BCUT2D eigenvalue weighted by Gasteiger charge is 2.38. The van der Waals surface area contributed by atoms with Crippen molar-refractivity contribution in [2.24, 2.45) is 7.05 Å². The number of anilines is 1. The van der Waals surface area contributed by atoms with Crippen molar-refractivity contribution < 1.29 is 0 Å². The largest absolute Gasteiger partial charge is 0.345 e. The maximum absolute atomic E-state index is 13.5. The number of hydrogen-bond acceptors (Lipinski definition) is 6. The first-order valence-electron chi connectivity index (χ1n) is 10.2. The highest BCUT2D eigenvalue weighted by molar-refractivity contribution is 7.19. The van der Waals surface area contributed by atoms with Crippen molar-refractivity contribution in [3.63, 3.8) is 0 Å². The maximum Gasteiger partial charge on any atom is 0.264 e. The van der Waals surface area contributed by atoms with Crippen LogP contribution in [0.2, 0.25) is 5.02 Å². The van der Waals surface area contributed by atoms with E-state index in [1.54, 1.807) is 15.9 Å². The molecule has 154 valence electrons. The molecule has 0 saturated carbocycles. The van der Waals surface area contributed by atoms with Crippen molar-refractivity contribution in [1.82, 2.24) is 24.8 Å². The van der Waals surface area contributed by atoms with Crippen LogP contribution in [-0.2, 0) is 7.05 Å². The molecule has 0 spiro atoms. The van der Waals surface area contributed by atoms with E-state index in [-0.39, 0.29) is 5.56 Å². The third-order valence-electron chi connectivity index (χ3n) is 6.39. The molecular weight excluding hydrogens is 420 g/mol. The minimum Gasteiger partial charge on any atom is -0.345 e. The number of aromatic nitrogens is 4. The van der Waals surface area contributed by atoms with Crippen LogP contribution in [0.25, 0.3) is 32.4 Å². The summed E-state index contributed by atoms with van der Waals surface area (Å²) in [5.41, 5.74) is 3.05. The second-order valence-corrected chi connectivity index (χ2v) is 9.74. The number of H-pyrrole nitrogens is 1. The Balaban J connectivity index is 1.54. The van der Waals surface area contributed by atoms with Crippen LogP contribution in [0.3, 0.4) is 0 Å². The molecule has 1 aromatic carbocycles. The molecule has 0 aliphatic carbocycles. The van der Waals surface area contributed by atoms with Gasteiger partial charge in [-0.3, -0.25) is 9.36 Å². The second-order valence-electron chi connectivity index (χ2n) is 8.16. The van der Waals surface area contributed by atoms with Crippen molar-refractivity contribution >= 4 is 50.1 Å². The van der Waals surface area contributed by atoms with Crippen molar-refractivity contribution in [3.05, 3.63) is 38.7 Å². The van der Waals surface area contributed by atoms with Crippen LogP contribution >= 0.6 is 22.9 Å². The van der Waals surface area contributed by atoms with Gasteiger partial charge in [-0.25, -0.2) is 4.98 Å². The van der Waals surface area contributed by atoms with Gasteiger partial charge in [-0.05, 0) is 25.8 Å². The Bertz CT molecular complexity index is 1360. The lowest BCUT2D eigenvalue weighted by Crippen LogP contribution is -2.53. The number of aromatic amines is 1. The fourth-order valence-corrected chi connectivity index (χ4v) is 6.21. The molecular formula is C21H21ClN6OS. The lowest BCUT2D eigenvalue weighted by molar-refractivity contribution is 0.470. The van der Waals surface area contributed by atoms with Gasteiger partial charge in [0.15, 0.2) is 0 Å². The van der Waals surface area contributed by atoms with Crippen LogP contribution in [0.5, 0.6) is 0 Å². The molecule has 2 unspecified atom stereocenters. The fourth-order valence-electron chi connectivity index (χ4n) is 4.98. The van der Waals surface area contributed by atoms with Crippen LogP contribution in [0.1, 0.15) is 17.8 Å². The zero-order valence-corrected chi connectivity index (χ0v) is 18.3. The van der Waals surface area contributed by atoms with E-state index in [1.807, 2.05) is 32.3 Å². The molecule has 2 aliphatic rings. The van der Waals surface area contributed by atoms with E-state index < -0.39 is 0 Å². The molecule has 2 atom stereocenters. The van der Waals surface area contributed by atoms with Gasteiger partial charge in [-0.15, -0.1) is 11.3 Å². The Labute approximate surface area is 181 Å². The predicted octanol–water partition coefficient (Wildman–Crippen LogP) is 3.44. The van der Waals surface area contributed by atoms with Crippen LogP contribution in [0.15, 0.2) is 23.1 Å². The van der Waals surface area contributed by atoms with Crippen LogP contribution < -0.4 is 15.8 Å². The summed E-state index contributed by atoms with van der Waals surface area (Å²) in [6, 6.07) is 4.68. The van der Waals surface area contributed by atoms with Crippen molar-refractivity contribution in [2.45, 2.75) is 31.8 Å². The Morgan fingerprint density at radius 3 is 2.70 bits per heavy atom. The lowest BCUT2D eigenvalue weighted by atomic mass is 10.1. The summed E-state index contributed by atoms with van der Waals surface area (Å²) < 4.78 is 2.64. The number of hydrogen-bond donors (Lipinski definition) is 2. The molecule has 30 heavy (non-hydrogen) atoms. The summed E-state index contributed by atoms with van der Waals surface area (Å²) in [7, 11) is 1.82. The predicted molar refractivity (Wildman–Crippen MR) is 122 cm³/mol. The van der Waals surface area contributed by atoms with Gasteiger partial charge in [0.2, 0.25) is 5.95 Å². The molecule has 7 nitrogen and oxygen atoms in total. The van der Waals surface area contributed by atoms with Crippen LogP contribution in [0.4, 0.5) is 5.95 Å². The second kappa shape index (κ2) is 6.54. The van der Waals surface area contributed by atoms with Crippen molar-refractivity contribution in [1.29, 1.82) is 0 Å². The molecule has 2 aliphatic heterocycles. The number of halogens is 1. The summed E-state index contributed by atoms with van der Waals surface area (Å²) in [6.45, 7) is 3.84. The number of benzene rings is 1. The first-order chi connectivity index (χ1) is 14.5. The van der Waals surface area contributed by atoms with E-state index in [9.17, 15) is 4.79 Å². The Kier molecular flexibility index (Phi) is 4.00. The maximum atomic E-state index is 13.5. The Hall–Kier alpha value is -2.42. The summed E-state index contributed by atoms with van der Waals surface area (Å²) >= 11 is 8.32. The topological polar surface area (TPSA) is 78.8 Å². The van der Waals surface area contributed by atoms with E-state index in [0.29, 0.717) is 28.1 Å². The minimum atomic E-state index is -0.0548. The molecule has 2 saturated heterocycles. The van der Waals surface area contributed by atoms with Gasteiger partial charge < -0.3 is 15.2 Å². The molecule has 0 amide bonds. The number of nitrogens with one attached hydrogen (secondary N) is 2. The molecule has 2 bridgehead atoms. The standard InChI is InChI=1S/C21H21ClN6OS/c1-10-25-15-6-5-13(17(22)18(15)30-10)14-9-24-19-16(14)20(29)27(2)21(26-19)28-11-3-4-12(28)8-23-7-11/h5-6,9,11-12,23-24H,3-4,7-8H2,1-2H3. The lowest BCUT2D eigenvalue weighted by Gasteiger charge is -2.36. The van der Waals surface area contributed by atoms with E-state index >= 15 is 0 Å². The molecule has 4 aromatic rings. The average Bonchev–Trinajstić information content (AvgIpc) is 3.38. The van der Waals surface area contributed by atoms with Crippen LogP contribution in [-0.4, -0.2) is 44.7 Å². The summed E-state index contributed by atoms with van der Waals surface area (Å²) in [4.78, 5) is 28.4. The van der Waals surface area contributed by atoms with E-state index in [1.165, 1.54) is 0 Å². The quantitative estimate of drug-likeness (QED) is 0.499. The SMILES string of the molecule is Cc1nc2ccc(-c3c[nH]c4nc(N5C6CCC5CNC6)n(C)c(=O)c34)c(Cl)c2s1. The first-order valence-corrected chi connectivity index (χ1v) is 11.4. The molecule has 2 fully saturated rings. The number of piperazine rings is 1. The van der Waals surface area contributed by atoms with E-state index in [2.05, 4.69) is 20.2 Å².